The minimum absolute atomic E-state index is 0.578. The highest BCUT2D eigenvalue weighted by molar-refractivity contribution is 5.95. The Bertz CT molecular complexity index is 674. The molecule has 2 nitrogen and oxygen atoms in total. The van der Waals surface area contributed by atoms with Gasteiger partial charge in [0.05, 0.1) is 0 Å². The predicted octanol–water partition coefficient (Wildman–Crippen LogP) is 3.99. The van der Waals surface area contributed by atoms with Crippen LogP contribution in [0, 0.1) is 6.92 Å². The van der Waals surface area contributed by atoms with Gasteiger partial charge in [-0.05, 0) is 49.1 Å². The number of fused-ring (bicyclic) bond motifs is 1. The number of aromatic nitrogens is 1. The van der Waals surface area contributed by atoms with E-state index >= 15 is 0 Å². The van der Waals surface area contributed by atoms with Gasteiger partial charge in [-0.1, -0.05) is 26.0 Å². The first kappa shape index (κ1) is 13.4. The van der Waals surface area contributed by atoms with Crippen LogP contribution in [0.25, 0.3) is 16.5 Å². The van der Waals surface area contributed by atoms with E-state index in [-0.39, 0.29) is 0 Å². The lowest BCUT2D eigenvalue weighted by molar-refractivity contribution is 0.738. The fourth-order valence-corrected chi connectivity index (χ4v) is 3.20. The third-order valence-corrected chi connectivity index (χ3v) is 4.57. The highest BCUT2D eigenvalue weighted by atomic mass is 14.9. The van der Waals surface area contributed by atoms with Gasteiger partial charge in [0.25, 0.3) is 0 Å². The van der Waals surface area contributed by atoms with Crippen molar-refractivity contribution in [3.63, 3.8) is 0 Å². The van der Waals surface area contributed by atoms with Crippen molar-refractivity contribution in [1.82, 2.24) is 9.88 Å². The Kier molecular flexibility index (Phi) is 3.43. The number of rotatable bonds is 2. The van der Waals surface area contributed by atoms with E-state index in [0.29, 0.717) is 5.92 Å². The van der Waals surface area contributed by atoms with Crippen molar-refractivity contribution in [1.29, 1.82) is 0 Å². The summed E-state index contributed by atoms with van der Waals surface area (Å²) in [6.45, 7) is 8.86. The SMILES string of the molecule is Cc1c(C2=CCNCC2)c2cc(C(C)C)ccc2n1C. The third kappa shape index (κ3) is 2.08. The van der Waals surface area contributed by atoms with Gasteiger partial charge >= 0.3 is 0 Å². The number of aryl methyl sites for hydroxylation is 1. The molecule has 0 saturated heterocycles. The molecule has 2 heteroatoms. The second-order valence-electron chi connectivity index (χ2n) is 6.13. The molecule has 0 atom stereocenters. The van der Waals surface area contributed by atoms with Crippen molar-refractivity contribution in [2.24, 2.45) is 7.05 Å². The zero-order valence-corrected chi connectivity index (χ0v) is 13.0. The van der Waals surface area contributed by atoms with Gasteiger partial charge in [-0.25, -0.2) is 0 Å². The number of hydrogen-bond donors (Lipinski definition) is 1. The van der Waals surface area contributed by atoms with Crippen LogP contribution in [-0.2, 0) is 7.05 Å². The molecule has 0 bridgehead atoms. The average Bonchev–Trinajstić information content (AvgIpc) is 2.71. The van der Waals surface area contributed by atoms with Crippen LogP contribution in [0.4, 0.5) is 0 Å². The summed E-state index contributed by atoms with van der Waals surface area (Å²) in [5, 5.41) is 4.83. The van der Waals surface area contributed by atoms with E-state index in [4.69, 9.17) is 0 Å². The van der Waals surface area contributed by atoms with Gasteiger partial charge in [-0.2, -0.15) is 0 Å². The van der Waals surface area contributed by atoms with Crippen LogP contribution >= 0.6 is 0 Å². The lowest BCUT2D eigenvalue weighted by Crippen LogP contribution is -2.20. The van der Waals surface area contributed by atoms with E-state index in [9.17, 15) is 0 Å². The van der Waals surface area contributed by atoms with Crippen LogP contribution in [0.5, 0.6) is 0 Å². The van der Waals surface area contributed by atoms with Gasteiger partial charge in [-0.15, -0.1) is 0 Å². The van der Waals surface area contributed by atoms with Crippen LogP contribution in [0.15, 0.2) is 24.3 Å². The predicted molar refractivity (Wildman–Crippen MR) is 87.2 cm³/mol. The Hall–Kier alpha value is -1.54. The van der Waals surface area contributed by atoms with Gasteiger partial charge in [-0.3, -0.25) is 0 Å². The molecule has 1 aromatic heterocycles. The fourth-order valence-electron chi connectivity index (χ4n) is 3.20. The maximum atomic E-state index is 3.41. The van der Waals surface area contributed by atoms with Crippen molar-refractivity contribution in [3.8, 4) is 0 Å². The van der Waals surface area contributed by atoms with Crippen LogP contribution in [0.3, 0.4) is 0 Å². The summed E-state index contributed by atoms with van der Waals surface area (Å²) in [6, 6.07) is 6.95. The molecule has 0 unspecified atom stereocenters. The fraction of sp³-hybridized carbons (Fsp3) is 0.444. The van der Waals surface area contributed by atoms with E-state index in [1.807, 2.05) is 0 Å². The van der Waals surface area contributed by atoms with Gasteiger partial charge in [0.2, 0.25) is 0 Å². The first-order chi connectivity index (χ1) is 9.59. The molecule has 0 spiro atoms. The summed E-state index contributed by atoms with van der Waals surface area (Å²) < 4.78 is 2.33. The maximum Gasteiger partial charge on any atom is 0.0486 e. The van der Waals surface area contributed by atoms with Crippen molar-refractivity contribution in [2.45, 2.75) is 33.1 Å². The molecule has 1 aliphatic rings. The second-order valence-corrected chi connectivity index (χ2v) is 6.13. The second kappa shape index (κ2) is 5.10. The molecule has 2 heterocycles. The molecule has 0 aliphatic carbocycles. The van der Waals surface area contributed by atoms with Crippen LogP contribution in [0.2, 0.25) is 0 Å². The molecule has 2 aromatic rings. The Morgan fingerprint density at radius 3 is 2.70 bits per heavy atom. The zero-order chi connectivity index (χ0) is 14.3. The Morgan fingerprint density at radius 2 is 2.05 bits per heavy atom. The Labute approximate surface area is 121 Å². The van der Waals surface area contributed by atoms with Crippen LogP contribution in [0.1, 0.15) is 43.0 Å². The van der Waals surface area contributed by atoms with Gasteiger partial charge in [0, 0.05) is 35.8 Å². The highest BCUT2D eigenvalue weighted by Crippen LogP contribution is 2.34. The minimum Gasteiger partial charge on any atom is -0.347 e. The standard InChI is InChI=1S/C18H24N2/c1-12(2)15-5-6-17-16(11-15)18(13(3)20(17)4)14-7-9-19-10-8-14/h5-7,11-12,19H,8-10H2,1-4H3. The molecule has 0 amide bonds. The molecule has 0 radical (unpaired) electrons. The average molecular weight is 268 g/mol. The van der Waals surface area contributed by atoms with E-state index in [0.717, 1.165) is 19.5 Å². The lowest BCUT2D eigenvalue weighted by Gasteiger charge is -2.15. The largest absolute Gasteiger partial charge is 0.347 e. The normalized spacial score (nSPS) is 15.9. The molecule has 1 aromatic carbocycles. The van der Waals surface area contributed by atoms with Crippen LogP contribution in [-0.4, -0.2) is 17.7 Å². The molecule has 1 aliphatic heterocycles. The highest BCUT2D eigenvalue weighted by Gasteiger charge is 2.17. The first-order valence-corrected chi connectivity index (χ1v) is 7.58. The summed E-state index contributed by atoms with van der Waals surface area (Å²) in [4.78, 5) is 0. The number of nitrogens with one attached hydrogen (secondary N) is 1. The molecular weight excluding hydrogens is 244 g/mol. The molecule has 0 fully saturated rings. The lowest BCUT2D eigenvalue weighted by atomic mass is 9.94. The van der Waals surface area contributed by atoms with E-state index in [1.54, 1.807) is 0 Å². The van der Waals surface area contributed by atoms with E-state index < -0.39 is 0 Å². The zero-order valence-electron chi connectivity index (χ0n) is 13.0. The number of benzene rings is 1. The molecule has 0 saturated carbocycles. The Morgan fingerprint density at radius 1 is 1.25 bits per heavy atom. The smallest absolute Gasteiger partial charge is 0.0486 e. The van der Waals surface area contributed by atoms with Crippen molar-refractivity contribution in [3.05, 3.63) is 41.1 Å². The molecule has 20 heavy (non-hydrogen) atoms. The topological polar surface area (TPSA) is 17.0 Å². The molecule has 3 rings (SSSR count). The summed E-state index contributed by atoms with van der Waals surface area (Å²) in [6.07, 6.45) is 3.49. The first-order valence-electron chi connectivity index (χ1n) is 7.58. The number of nitrogens with zero attached hydrogens (tertiary/aromatic N) is 1. The minimum atomic E-state index is 0.578. The van der Waals surface area contributed by atoms with Crippen molar-refractivity contribution >= 4 is 16.5 Å². The van der Waals surface area contributed by atoms with E-state index in [1.165, 1.54) is 33.3 Å². The van der Waals surface area contributed by atoms with Crippen molar-refractivity contribution in [2.75, 3.05) is 13.1 Å². The van der Waals surface area contributed by atoms with Gasteiger partial charge < -0.3 is 9.88 Å². The van der Waals surface area contributed by atoms with Crippen molar-refractivity contribution < 1.29 is 0 Å². The molecular formula is C18H24N2. The Balaban J connectivity index is 2.26. The summed E-state index contributed by atoms with van der Waals surface area (Å²) >= 11 is 0. The third-order valence-electron chi connectivity index (χ3n) is 4.57. The molecule has 106 valence electrons. The quantitative estimate of drug-likeness (QED) is 0.871. The maximum absolute atomic E-state index is 3.41. The summed E-state index contributed by atoms with van der Waals surface area (Å²) in [5.74, 6) is 0.578. The van der Waals surface area contributed by atoms with Gasteiger partial charge in [0.15, 0.2) is 0 Å². The van der Waals surface area contributed by atoms with E-state index in [2.05, 4.69) is 62.0 Å². The summed E-state index contributed by atoms with van der Waals surface area (Å²) in [7, 11) is 2.18. The summed E-state index contributed by atoms with van der Waals surface area (Å²) in [5.41, 5.74) is 7.13. The van der Waals surface area contributed by atoms with Gasteiger partial charge in [0.1, 0.15) is 0 Å². The molecule has 1 N–H and O–H groups in total. The van der Waals surface area contributed by atoms with Crippen LogP contribution < -0.4 is 5.32 Å². The monoisotopic (exact) mass is 268 g/mol. The number of hydrogen-bond acceptors (Lipinski definition) is 1.